The van der Waals surface area contributed by atoms with Gasteiger partial charge in [-0.25, -0.2) is 4.79 Å². The van der Waals surface area contributed by atoms with Crippen LogP contribution in [0.3, 0.4) is 0 Å². The highest BCUT2D eigenvalue weighted by molar-refractivity contribution is 5.92. The molecule has 82 valence electrons. The first-order valence-electron chi connectivity index (χ1n) is 5.06. The molecular formula is C12H16O3. The van der Waals surface area contributed by atoms with E-state index in [0.29, 0.717) is 12.5 Å². The number of para-hydroxylation sites is 1. The molecule has 15 heavy (non-hydrogen) atoms. The van der Waals surface area contributed by atoms with Crippen molar-refractivity contribution in [2.45, 2.75) is 20.3 Å². The molecule has 1 aromatic rings. The Labute approximate surface area is 89.7 Å². The summed E-state index contributed by atoms with van der Waals surface area (Å²) in [4.78, 5) is 11.5. The molecule has 0 bridgehead atoms. The molecule has 0 amide bonds. The Morgan fingerprint density at radius 1 is 1.40 bits per heavy atom. The van der Waals surface area contributed by atoms with Gasteiger partial charge < -0.3 is 9.84 Å². The minimum Gasteiger partial charge on any atom is -0.507 e. The normalized spacial score (nSPS) is 10.3. The monoisotopic (exact) mass is 208 g/mol. The molecule has 1 N–H and O–H groups in total. The molecule has 0 heterocycles. The fourth-order valence-electron chi connectivity index (χ4n) is 1.11. The molecule has 0 fully saturated rings. The SMILES string of the molecule is CC(C)CCOC(=O)c1ccccc1O. The lowest BCUT2D eigenvalue weighted by molar-refractivity contribution is 0.0485. The van der Waals surface area contributed by atoms with Gasteiger partial charge in [0.05, 0.1) is 6.61 Å². The van der Waals surface area contributed by atoms with Crippen LogP contribution in [0.5, 0.6) is 5.75 Å². The van der Waals surface area contributed by atoms with Crippen LogP contribution in [0, 0.1) is 5.92 Å². The average Bonchev–Trinajstić information content (AvgIpc) is 2.17. The number of hydrogen-bond acceptors (Lipinski definition) is 3. The first kappa shape index (κ1) is 11.6. The lowest BCUT2D eigenvalue weighted by atomic mass is 10.1. The smallest absolute Gasteiger partial charge is 0.341 e. The van der Waals surface area contributed by atoms with Crippen LogP contribution in [0.1, 0.15) is 30.6 Å². The van der Waals surface area contributed by atoms with E-state index in [2.05, 4.69) is 13.8 Å². The molecule has 1 rings (SSSR count). The molecule has 0 atom stereocenters. The first-order chi connectivity index (χ1) is 7.11. The third-order valence-electron chi connectivity index (χ3n) is 2.05. The molecule has 0 unspecified atom stereocenters. The molecule has 0 saturated carbocycles. The molecule has 0 aliphatic heterocycles. The minimum absolute atomic E-state index is 0.0351. The largest absolute Gasteiger partial charge is 0.507 e. The zero-order valence-corrected chi connectivity index (χ0v) is 9.06. The summed E-state index contributed by atoms with van der Waals surface area (Å²) in [7, 11) is 0. The van der Waals surface area contributed by atoms with Crippen LogP contribution in [0.25, 0.3) is 0 Å². The van der Waals surface area contributed by atoms with Gasteiger partial charge in [0, 0.05) is 0 Å². The van der Waals surface area contributed by atoms with Crippen molar-refractivity contribution in [1.29, 1.82) is 0 Å². The number of benzene rings is 1. The van der Waals surface area contributed by atoms with Gasteiger partial charge in [-0.05, 0) is 24.5 Å². The second-order valence-corrected chi connectivity index (χ2v) is 3.84. The lowest BCUT2D eigenvalue weighted by Gasteiger charge is -2.07. The molecular weight excluding hydrogens is 192 g/mol. The van der Waals surface area contributed by atoms with Gasteiger partial charge in [-0.1, -0.05) is 26.0 Å². The summed E-state index contributed by atoms with van der Waals surface area (Å²) in [5, 5.41) is 9.39. The first-order valence-corrected chi connectivity index (χ1v) is 5.06. The van der Waals surface area contributed by atoms with Crippen LogP contribution in [-0.4, -0.2) is 17.7 Å². The summed E-state index contributed by atoms with van der Waals surface area (Å²) in [6.45, 7) is 4.52. The second-order valence-electron chi connectivity index (χ2n) is 3.84. The highest BCUT2D eigenvalue weighted by Gasteiger charge is 2.11. The number of phenols is 1. The van der Waals surface area contributed by atoms with Crippen LogP contribution in [0.4, 0.5) is 0 Å². The molecule has 0 radical (unpaired) electrons. The standard InChI is InChI=1S/C12H16O3/c1-9(2)7-8-15-12(14)10-5-3-4-6-11(10)13/h3-6,9,13H,7-8H2,1-2H3. The van der Waals surface area contributed by atoms with Gasteiger partial charge in [-0.2, -0.15) is 0 Å². The van der Waals surface area contributed by atoms with E-state index < -0.39 is 5.97 Å². The average molecular weight is 208 g/mol. The number of hydrogen-bond donors (Lipinski definition) is 1. The van der Waals surface area contributed by atoms with Crippen molar-refractivity contribution >= 4 is 5.97 Å². The Kier molecular flexibility index (Phi) is 4.16. The molecule has 0 saturated heterocycles. The van der Waals surface area contributed by atoms with Crippen LogP contribution < -0.4 is 0 Å². The summed E-state index contributed by atoms with van der Waals surface area (Å²) < 4.78 is 5.02. The number of aromatic hydroxyl groups is 1. The number of carbonyl (C=O) groups is 1. The summed E-state index contributed by atoms with van der Waals surface area (Å²) in [5.41, 5.74) is 0.223. The van der Waals surface area contributed by atoms with Gasteiger partial charge in [0.2, 0.25) is 0 Å². The fraction of sp³-hybridized carbons (Fsp3) is 0.417. The summed E-state index contributed by atoms with van der Waals surface area (Å²) >= 11 is 0. The number of esters is 1. The third-order valence-corrected chi connectivity index (χ3v) is 2.05. The van der Waals surface area contributed by atoms with Crippen molar-refractivity contribution in [3.8, 4) is 5.75 Å². The molecule has 1 aromatic carbocycles. The van der Waals surface area contributed by atoms with Crippen LogP contribution in [0.15, 0.2) is 24.3 Å². The van der Waals surface area contributed by atoms with E-state index in [4.69, 9.17) is 4.74 Å². The Morgan fingerprint density at radius 3 is 2.67 bits per heavy atom. The topological polar surface area (TPSA) is 46.5 Å². The van der Waals surface area contributed by atoms with Crippen molar-refractivity contribution in [3.63, 3.8) is 0 Å². The number of rotatable bonds is 4. The van der Waals surface area contributed by atoms with Crippen molar-refractivity contribution in [3.05, 3.63) is 29.8 Å². The molecule has 0 aromatic heterocycles. The van der Waals surface area contributed by atoms with Gasteiger partial charge >= 0.3 is 5.97 Å². The van der Waals surface area contributed by atoms with E-state index in [9.17, 15) is 9.90 Å². The van der Waals surface area contributed by atoms with E-state index in [1.807, 2.05) is 0 Å². The van der Waals surface area contributed by atoms with Crippen molar-refractivity contribution in [2.75, 3.05) is 6.61 Å². The van der Waals surface area contributed by atoms with E-state index in [0.717, 1.165) is 6.42 Å². The maximum atomic E-state index is 11.5. The van der Waals surface area contributed by atoms with Gasteiger partial charge in [-0.15, -0.1) is 0 Å². The molecule has 0 aliphatic carbocycles. The fourth-order valence-corrected chi connectivity index (χ4v) is 1.11. The Morgan fingerprint density at radius 2 is 2.07 bits per heavy atom. The quantitative estimate of drug-likeness (QED) is 0.773. The van der Waals surface area contributed by atoms with Gasteiger partial charge in [0.1, 0.15) is 11.3 Å². The summed E-state index contributed by atoms with van der Waals surface area (Å²) in [5.74, 6) is 0.00275. The van der Waals surface area contributed by atoms with Crippen LogP contribution >= 0.6 is 0 Å². The van der Waals surface area contributed by atoms with Gasteiger partial charge in [-0.3, -0.25) is 0 Å². The predicted octanol–water partition coefficient (Wildman–Crippen LogP) is 2.60. The highest BCUT2D eigenvalue weighted by atomic mass is 16.5. The number of ether oxygens (including phenoxy) is 1. The molecule has 0 spiro atoms. The Balaban J connectivity index is 2.51. The van der Waals surface area contributed by atoms with E-state index in [1.54, 1.807) is 18.2 Å². The maximum Gasteiger partial charge on any atom is 0.341 e. The van der Waals surface area contributed by atoms with E-state index >= 15 is 0 Å². The molecule has 3 heteroatoms. The maximum absolute atomic E-state index is 11.5. The zero-order valence-electron chi connectivity index (χ0n) is 9.06. The molecule has 3 nitrogen and oxygen atoms in total. The van der Waals surface area contributed by atoms with Gasteiger partial charge in [0.15, 0.2) is 0 Å². The van der Waals surface area contributed by atoms with Crippen molar-refractivity contribution < 1.29 is 14.6 Å². The molecule has 0 aliphatic rings. The Hall–Kier alpha value is -1.51. The van der Waals surface area contributed by atoms with Crippen LogP contribution in [-0.2, 0) is 4.74 Å². The Bertz CT molecular complexity index is 331. The zero-order chi connectivity index (χ0) is 11.3. The van der Waals surface area contributed by atoms with Crippen LogP contribution in [0.2, 0.25) is 0 Å². The predicted molar refractivity (Wildman–Crippen MR) is 57.8 cm³/mol. The summed E-state index contributed by atoms with van der Waals surface area (Å²) in [6.07, 6.45) is 0.833. The highest BCUT2D eigenvalue weighted by Crippen LogP contribution is 2.16. The third kappa shape index (κ3) is 3.62. The van der Waals surface area contributed by atoms with Gasteiger partial charge in [0.25, 0.3) is 0 Å². The van der Waals surface area contributed by atoms with E-state index in [-0.39, 0.29) is 11.3 Å². The summed E-state index contributed by atoms with van der Waals surface area (Å²) in [6, 6.07) is 6.38. The van der Waals surface area contributed by atoms with Crippen molar-refractivity contribution in [1.82, 2.24) is 0 Å². The number of phenolic OH excluding ortho intramolecular Hbond substituents is 1. The number of carbonyl (C=O) groups excluding carboxylic acids is 1. The lowest BCUT2D eigenvalue weighted by Crippen LogP contribution is -2.08. The second kappa shape index (κ2) is 5.39. The minimum atomic E-state index is -0.464. The van der Waals surface area contributed by atoms with E-state index in [1.165, 1.54) is 6.07 Å². The van der Waals surface area contributed by atoms with Crippen molar-refractivity contribution in [2.24, 2.45) is 5.92 Å².